The van der Waals surface area contributed by atoms with E-state index in [4.69, 9.17) is 16.3 Å². The van der Waals surface area contributed by atoms with Crippen molar-refractivity contribution in [2.24, 2.45) is 5.92 Å². The molecule has 0 aliphatic heterocycles. The standard InChI is InChI=1S/C18H20ClNO4/c1-11(2)18(10-16(21)22,15-5-4-6-20-15)17(23)12-7-13(19)9-14(8-12)24-3/h4-9,11,20H,10H2,1-3H3,(H,21,22). The van der Waals surface area contributed by atoms with Crippen LogP contribution in [0.3, 0.4) is 0 Å². The Morgan fingerprint density at radius 3 is 2.54 bits per heavy atom. The quantitative estimate of drug-likeness (QED) is 0.742. The van der Waals surface area contributed by atoms with Crippen molar-refractivity contribution in [3.63, 3.8) is 0 Å². The lowest BCUT2D eigenvalue weighted by Gasteiger charge is -2.34. The third kappa shape index (κ3) is 3.31. The topological polar surface area (TPSA) is 79.4 Å². The van der Waals surface area contributed by atoms with Gasteiger partial charge in [0, 0.05) is 22.5 Å². The zero-order valence-electron chi connectivity index (χ0n) is 13.8. The summed E-state index contributed by atoms with van der Waals surface area (Å²) in [6.45, 7) is 3.67. The van der Waals surface area contributed by atoms with E-state index in [1.54, 1.807) is 30.5 Å². The van der Waals surface area contributed by atoms with Gasteiger partial charge >= 0.3 is 5.97 Å². The van der Waals surface area contributed by atoms with Crippen LogP contribution in [0.15, 0.2) is 36.5 Å². The predicted molar refractivity (Wildman–Crippen MR) is 91.9 cm³/mol. The molecule has 24 heavy (non-hydrogen) atoms. The fourth-order valence-corrected chi connectivity index (χ4v) is 3.22. The van der Waals surface area contributed by atoms with E-state index in [0.717, 1.165) is 0 Å². The number of Topliss-reactive ketones (excluding diaryl/α,β-unsaturated/α-hetero) is 1. The summed E-state index contributed by atoms with van der Waals surface area (Å²) < 4.78 is 5.17. The number of methoxy groups -OCH3 is 1. The summed E-state index contributed by atoms with van der Waals surface area (Å²) in [5.41, 5.74) is -0.321. The Kier molecular flexibility index (Phi) is 5.34. The number of rotatable bonds is 7. The second-order valence-electron chi connectivity index (χ2n) is 5.99. The van der Waals surface area contributed by atoms with Crippen LogP contribution in [0.2, 0.25) is 5.02 Å². The van der Waals surface area contributed by atoms with Crippen LogP contribution >= 0.6 is 11.6 Å². The van der Waals surface area contributed by atoms with Crippen molar-refractivity contribution in [2.75, 3.05) is 7.11 Å². The smallest absolute Gasteiger partial charge is 0.304 e. The molecule has 1 heterocycles. The van der Waals surface area contributed by atoms with Gasteiger partial charge in [-0.25, -0.2) is 0 Å². The zero-order valence-corrected chi connectivity index (χ0v) is 14.6. The summed E-state index contributed by atoms with van der Waals surface area (Å²) in [5, 5.41) is 9.79. The summed E-state index contributed by atoms with van der Waals surface area (Å²) >= 11 is 6.08. The molecule has 1 unspecified atom stereocenters. The van der Waals surface area contributed by atoms with Crippen molar-refractivity contribution in [1.82, 2.24) is 4.98 Å². The summed E-state index contributed by atoms with van der Waals surface area (Å²) in [6.07, 6.45) is 1.36. The normalized spacial score (nSPS) is 13.5. The number of H-pyrrole nitrogens is 1. The van der Waals surface area contributed by atoms with Crippen molar-refractivity contribution >= 4 is 23.4 Å². The first-order valence-corrected chi connectivity index (χ1v) is 7.94. The number of halogens is 1. The third-order valence-electron chi connectivity index (χ3n) is 4.27. The number of carboxylic acid groups (broad SMARTS) is 1. The Morgan fingerprint density at radius 1 is 1.33 bits per heavy atom. The summed E-state index contributed by atoms with van der Waals surface area (Å²) in [4.78, 5) is 27.9. The van der Waals surface area contributed by atoms with Gasteiger partial charge in [0.1, 0.15) is 5.75 Å². The van der Waals surface area contributed by atoms with Crippen molar-refractivity contribution < 1.29 is 19.4 Å². The number of ether oxygens (including phenoxy) is 1. The van der Waals surface area contributed by atoms with Crippen LogP contribution in [-0.2, 0) is 10.2 Å². The summed E-state index contributed by atoms with van der Waals surface area (Å²) in [7, 11) is 1.48. The molecule has 2 rings (SSSR count). The fraction of sp³-hybridized carbons (Fsp3) is 0.333. The first-order valence-electron chi connectivity index (χ1n) is 7.56. The number of carbonyl (C=O) groups is 2. The van der Waals surface area contributed by atoms with E-state index < -0.39 is 11.4 Å². The number of benzene rings is 1. The monoisotopic (exact) mass is 349 g/mol. The highest BCUT2D eigenvalue weighted by Crippen LogP contribution is 2.39. The van der Waals surface area contributed by atoms with Crippen molar-refractivity contribution in [3.8, 4) is 5.75 Å². The van der Waals surface area contributed by atoms with E-state index >= 15 is 0 Å². The maximum atomic E-state index is 13.4. The molecule has 2 N–H and O–H groups in total. The number of nitrogens with one attached hydrogen (secondary N) is 1. The largest absolute Gasteiger partial charge is 0.497 e. The first-order chi connectivity index (χ1) is 11.3. The molecular weight excluding hydrogens is 330 g/mol. The predicted octanol–water partition coefficient (Wildman–Crippen LogP) is 3.93. The van der Waals surface area contributed by atoms with Gasteiger partial charge in [-0.15, -0.1) is 0 Å². The maximum Gasteiger partial charge on any atom is 0.304 e. The van der Waals surface area contributed by atoms with Gasteiger partial charge in [-0.05, 0) is 36.2 Å². The molecule has 1 aromatic heterocycles. The lowest BCUT2D eigenvalue weighted by molar-refractivity contribution is -0.138. The van der Waals surface area contributed by atoms with Crippen LogP contribution in [0.25, 0.3) is 0 Å². The minimum Gasteiger partial charge on any atom is -0.497 e. The number of aromatic amines is 1. The molecule has 0 aliphatic rings. The average Bonchev–Trinajstić information content (AvgIpc) is 3.05. The van der Waals surface area contributed by atoms with Gasteiger partial charge in [-0.3, -0.25) is 9.59 Å². The Labute approximate surface area is 145 Å². The number of carboxylic acids is 1. The molecule has 1 atom stereocenters. The van der Waals surface area contributed by atoms with Crippen LogP contribution in [0.5, 0.6) is 5.75 Å². The average molecular weight is 350 g/mol. The molecule has 0 saturated heterocycles. The van der Waals surface area contributed by atoms with Crippen molar-refractivity contribution in [2.45, 2.75) is 25.7 Å². The Hall–Kier alpha value is -2.27. The molecule has 6 heteroatoms. The molecule has 0 spiro atoms. The van der Waals surface area contributed by atoms with Crippen LogP contribution in [0, 0.1) is 5.92 Å². The third-order valence-corrected chi connectivity index (χ3v) is 4.49. The minimum absolute atomic E-state index is 0.246. The van der Waals surface area contributed by atoms with Gasteiger partial charge in [-0.2, -0.15) is 0 Å². The molecule has 0 aliphatic carbocycles. The fourth-order valence-electron chi connectivity index (χ4n) is 2.99. The lowest BCUT2D eigenvalue weighted by atomic mass is 9.67. The molecule has 5 nitrogen and oxygen atoms in total. The Bertz CT molecular complexity index is 739. The minimum atomic E-state index is -1.22. The van der Waals surface area contributed by atoms with Crippen molar-refractivity contribution in [3.05, 3.63) is 52.8 Å². The number of aliphatic carboxylic acids is 1. The van der Waals surface area contributed by atoms with E-state index in [1.165, 1.54) is 13.2 Å². The van der Waals surface area contributed by atoms with E-state index in [-0.39, 0.29) is 18.1 Å². The van der Waals surface area contributed by atoms with Gasteiger partial charge in [-0.1, -0.05) is 25.4 Å². The molecule has 128 valence electrons. The molecule has 2 aromatic rings. The van der Waals surface area contributed by atoms with Gasteiger partial charge < -0.3 is 14.8 Å². The van der Waals surface area contributed by atoms with Gasteiger partial charge in [0.05, 0.1) is 18.9 Å². The molecule has 0 saturated carbocycles. The number of carbonyl (C=O) groups excluding carboxylic acids is 1. The van der Waals surface area contributed by atoms with Crippen LogP contribution in [0.1, 0.15) is 36.3 Å². The van der Waals surface area contributed by atoms with Crippen LogP contribution in [-0.4, -0.2) is 29.0 Å². The van der Waals surface area contributed by atoms with Gasteiger partial charge in [0.15, 0.2) is 5.78 Å². The summed E-state index contributed by atoms with van der Waals surface area (Å²) in [6, 6.07) is 8.20. The Balaban J connectivity index is 2.64. The van der Waals surface area contributed by atoms with E-state index in [9.17, 15) is 14.7 Å². The molecule has 0 radical (unpaired) electrons. The van der Waals surface area contributed by atoms with Gasteiger partial charge in [0.25, 0.3) is 0 Å². The molecule has 1 aromatic carbocycles. The molecule has 0 bridgehead atoms. The molecule has 0 amide bonds. The van der Waals surface area contributed by atoms with E-state index in [2.05, 4.69) is 4.98 Å². The number of ketones is 1. The van der Waals surface area contributed by atoms with Gasteiger partial charge in [0.2, 0.25) is 0 Å². The molecular formula is C18H20ClNO4. The van der Waals surface area contributed by atoms with Crippen LogP contribution in [0.4, 0.5) is 0 Å². The lowest BCUT2D eigenvalue weighted by Crippen LogP contribution is -2.43. The van der Waals surface area contributed by atoms with Crippen LogP contribution < -0.4 is 4.74 Å². The number of aromatic nitrogens is 1. The summed E-state index contributed by atoms with van der Waals surface area (Å²) in [5.74, 6) is -1.14. The number of hydrogen-bond donors (Lipinski definition) is 2. The highest BCUT2D eigenvalue weighted by molar-refractivity contribution is 6.31. The highest BCUT2D eigenvalue weighted by Gasteiger charge is 2.46. The maximum absolute atomic E-state index is 13.4. The second-order valence-corrected chi connectivity index (χ2v) is 6.43. The van der Waals surface area contributed by atoms with E-state index in [0.29, 0.717) is 22.0 Å². The zero-order chi connectivity index (χ0) is 17.9. The first kappa shape index (κ1) is 18.1. The van der Waals surface area contributed by atoms with E-state index in [1.807, 2.05) is 13.8 Å². The number of hydrogen-bond acceptors (Lipinski definition) is 3. The molecule has 0 fully saturated rings. The highest BCUT2D eigenvalue weighted by atomic mass is 35.5. The Morgan fingerprint density at radius 2 is 2.04 bits per heavy atom. The SMILES string of the molecule is COc1cc(Cl)cc(C(=O)C(CC(=O)O)(c2ccc[nH]2)C(C)C)c1. The van der Waals surface area contributed by atoms with Crippen molar-refractivity contribution in [1.29, 1.82) is 0 Å². The second kappa shape index (κ2) is 7.09.